The van der Waals surface area contributed by atoms with Crippen LogP contribution in [0.25, 0.3) is 0 Å². The molecule has 0 spiro atoms. The lowest BCUT2D eigenvalue weighted by molar-refractivity contribution is 0.0459. The molecular weight excluding hydrogens is 388 g/mol. The molecule has 0 atom stereocenters. The Hall–Kier alpha value is -2.68. The van der Waals surface area contributed by atoms with Crippen LogP contribution in [0.15, 0.2) is 10.6 Å². The number of esters is 1. The van der Waals surface area contributed by atoms with Crippen molar-refractivity contribution in [1.29, 1.82) is 0 Å². The fourth-order valence-corrected chi connectivity index (χ4v) is 3.46. The van der Waals surface area contributed by atoms with E-state index in [1.165, 1.54) is 6.20 Å². The van der Waals surface area contributed by atoms with Crippen molar-refractivity contribution in [2.45, 2.75) is 58.9 Å². The molecule has 0 aromatic carbocycles. The first-order chi connectivity index (χ1) is 14.6. The summed E-state index contributed by atoms with van der Waals surface area (Å²) in [5, 5.41) is 7.68. The Balaban J connectivity index is 1.58. The second-order valence-corrected chi connectivity index (χ2v) is 7.26. The highest BCUT2D eigenvalue weighted by Crippen LogP contribution is 2.19. The molecule has 0 aliphatic carbocycles. The highest BCUT2D eigenvalue weighted by Gasteiger charge is 2.22. The molecular formula is C21H30N4O5. The highest BCUT2D eigenvalue weighted by molar-refractivity contribution is 5.96. The van der Waals surface area contributed by atoms with Gasteiger partial charge < -0.3 is 19.2 Å². The minimum absolute atomic E-state index is 0.0497. The SMILES string of the molecule is CCc1nn(CCCCOC(=O)c2cnc(C)o2)c2c1C(=O)NCCCOCCC2. The van der Waals surface area contributed by atoms with Crippen molar-refractivity contribution in [2.75, 3.05) is 26.4 Å². The molecule has 2 aromatic rings. The van der Waals surface area contributed by atoms with Crippen molar-refractivity contribution in [3.63, 3.8) is 0 Å². The molecule has 9 nitrogen and oxygen atoms in total. The Morgan fingerprint density at radius 2 is 2.13 bits per heavy atom. The highest BCUT2D eigenvalue weighted by atomic mass is 16.5. The molecule has 0 unspecified atom stereocenters. The molecule has 9 heteroatoms. The Bertz CT molecular complexity index is 858. The van der Waals surface area contributed by atoms with Crippen LogP contribution in [0.1, 0.15) is 70.8 Å². The topological polar surface area (TPSA) is 108 Å². The number of nitrogens with one attached hydrogen (secondary N) is 1. The van der Waals surface area contributed by atoms with E-state index in [1.54, 1.807) is 6.92 Å². The summed E-state index contributed by atoms with van der Waals surface area (Å²) in [5.41, 5.74) is 2.50. The van der Waals surface area contributed by atoms with Crippen LogP contribution in [0.4, 0.5) is 0 Å². The summed E-state index contributed by atoms with van der Waals surface area (Å²) in [7, 11) is 0. The van der Waals surface area contributed by atoms with Crippen LogP contribution >= 0.6 is 0 Å². The van der Waals surface area contributed by atoms with E-state index in [4.69, 9.17) is 19.0 Å². The molecule has 0 saturated heterocycles. The van der Waals surface area contributed by atoms with Crippen LogP contribution in [0.2, 0.25) is 0 Å². The number of hydrogen-bond acceptors (Lipinski definition) is 7. The summed E-state index contributed by atoms with van der Waals surface area (Å²) in [5.74, 6) is -0.00964. The largest absolute Gasteiger partial charge is 0.460 e. The van der Waals surface area contributed by atoms with Crippen LogP contribution in [0.5, 0.6) is 0 Å². The van der Waals surface area contributed by atoms with Crippen molar-refractivity contribution in [1.82, 2.24) is 20.1 Å². The van der Waals surface area contributed by atoms with Gasteiger partial charge in [0.05, 0.1) is 29.8 Å². The zero-order chi connectivity index (χ0) is 21.3. The monoisotopic (exact) mass is 418 g/mol. The number of rotatable bonds is 7. The molecule has 0 bridgehead atoms. The van der Waals surface area contributed by atoms with E-state index in [-0.39, 0.29) is 18.3 Å². The molecule has 1 N–H and O–H groups in total. The standard InChI is InChI=1S/C21H30N4O5/c1-3-16-19-17(8-6-11-28-12-7-9-22-20(19)26)25(24-16)10-4-5-13-29-21(27)18-14-23-15(2)30-18/h14H,3-13H2,1-2H3,(H,22,26). The van der Waals surface area contributed by atoms with Gasteiger partial charge >= 0.3 is 5.97 Å². The van der Waals surface area contributed by atoms with Gasteiger partial charge in [0.1, 0.15) is 0 Å². The number of hydrogen-bond donors (Lipinski definition) is 1. The number of carbonyl (C=O) groups is 2. The summed E-state index contributed by atoms with van der Waals surface area (Å²) in [4.78, 5) is 28.5. The van der Waals surface area contributed by atoms with Gasteiger partial charge in [-0.15, -0.1) is 0 Å². The zero-order valence-electron chi connectivity index (χ0n) is 17.7. The Labute approximate surface area is 176 Å². The molecule has 1 aliphatic rings. The summed E-state index contributed by atoms with van der Waals surface area (Å²) in [6.07, 6.45) is 5.94. The summed E-state index contributed by atoms with van der Waals surface area (Å²) < 4.78 is 18.0. The molecule has 30 heavy (non-hydrogen) atoms. The number of ether oxygens (including phenoxy) is 2. The van der Waals surface area contributed by atoms with Gasteiger partial charge in [-0.3, -0.25) is 9.48 Å². The van der Waals surface area contributed by atoms with Gasteiger partial charge in [-0.25, -0.2) is 9.78 Å². The maximum absolute atomic E-state index is 12.7. The quantitative estimate of drug-likeness (QED) is 0.543. The van der Waals surface area contributed by atoms with E-state index in [2.05, 4.69) is 10.3 Å². The lowest BCUT2D eigenvalue weighted by Gasteiger charge is -2.10. The van der Waals surface area contributed by atoms with E-state index < -0.39 is 5.97 Å². The zero-order valence-corrected chi connectivity index (χ0v) is 17.7. The number of unbranched alkanes of at least 4 members (excludes halogenated alkanes) is 1. The number of aromatic nitrogens is 3. The van der Waals surface area contributed by atoms with E-state index in [9.17, 15) is 9.59 Å². The second kappa shape index (κ2) is 10.9. The number of amides is 1. The summed E-state index contributed by atoms with van der Waals surface area (Å²) in [6.45, 7) is 6.58. The minimum Gasteiger partial charge on any atom is -0.460 e. The normalized spacial score (nSPS) is 15.2. The van der Waals surface area contributed by atoms with E-state index in [0.29, 0.717) is 50.6 Å². The Morgan fingerprint density at radius 1 is 1.30 bits per heavy atom. The van der Waals surface area contributed by atoms with Crippen LogP contribution < -0.4 is 5.32 Å². The van der Waals surface area contributed by atoms with Gasteiger partial charge in [0, 0.05) is 33.2 Å². The molecule has 3 heterocycles. The van der Waals surface area contributed by atoms with Crippen LogP contribution in [-0.2, 0) is 28.9 Å². The Morgan fingerprint density at radius 3 is 2.90 bits per heavy atom. The smallest absolute Gasteiger partial charge is 0.375 e. The van der Waals surface area contributed by atoms with Crippen molar-refractivity contribution in [3.8, 4) is 0 Å². The van der Waals surface area contributed by atoms with E-state index >= 15 is 0 Å². The number of nitrogens with zero attached hydrogens (tertiary/aromatic N) is 3. The fraction of sp³-hybridized carbons (Fsp3) is 0.619. The van der Waals surface area contributed by atoms with Crippen molar-refractivity contribution in [2.24, 2.45) is 0 Å². The third kappa shape index (κ3) is 5.69. The van der Waals surface area contributed by atoms with Gasteiger partial charge in [0.2, 0.25) is 5.76 Å². The molecule has 3 rings (SSSR count). The van der Waals surface area contributed by atoms with Crippen LogP contribution in [0, 0.1) is 6.92 Å². The molecule has 2 aromatic heterocycles. The molecule has 0 radical (unpaired) electrons. The molecule has 0 fully saturated rings. The minimum atomic E-state index is -0.506. The van der Waals surface area contributed by atoms with Gasteiger partial charge in [0.15, 0.2) is 5.89 Å². The van der Waals surface area contributed by atoms with Crippen molar-refractivity contribution < 1.29 is 23.5 Å². The molecule has 1 amide bonds. The summed E-state index contributed by atoms with van der Waals surface area (Å²) in [6, 6.07) is 0. The number of fused-ring (bicyclic) bond motifs is 1. The maximum Gasteiger partial charge on any atom is 0.375 e. The van der Waals surface area contributed by atoms with Gasteiger partial charge in [-0.05, 0) is 38.5 Å². The molecule has 1 aliphatic heterocycles. The first kappa shape index (κ1) is 22.0. The fourth-order valence-electron chi connectivity index (χ4n) is 3.46. The predicted molar refractivity (Wildman–Crippen MR) is 108 cm³/mol. The van der Waals surface area contributed by atoms with Crippen LogP contribution in [0.3, 0.4) is 0 Å². The average molecular weight is 418 g/mol. The first-order valence-electron chi connectivity index (χ1n) is 10.6. The molecule has 0 saturated carbocycles. The van der Waals surface area contributed by atoms with Gasteiger partial charge in [-0.2, -0.15) is 5.10 Å². The van der Waals surface area contributed by atoms with Gasteiger partial charge in [0.25, 0.3) is 5.91 Å². The number of carbonyl (C=O) groups excluding carboxylic acids is 2. The van der Waals surface area contributed by atoms with Crippen LogP contribution in [-0.4, -0.2) is 53.0 Å². The molecule has 164 valence electrons. The first-order valence-corrected chi connectivity index (χ1v) is 10.6. The lowest BCUT2D eigenvalue weighted by Crippen LogP contribution is -2.26. The Kier molecular flexibility index (Phi) is 8.01. The second-order valence-electron chi connectivity index (χ2n) is 7.26. The van der Waals surface area contributed by atoms with Crippen molar-refractivity contribution in [3.05, 3.63) is 34.8 Å². The maximum atomic E-state index is 12.7. The summed E-state index contributed by atoms with van der Waals surface area (Å²) >= 11 is 0. The van der Waals surface area contributed by atoms with E-state index in [1.807, 2.05) is 11.6 Å². The predicted octanol–water partition coefficient (Wildman–Crippen LogP) is 2.46. The average Bonchev–Trinajstić information content (AvgIpc) is 3.31. The lowest BCUT2D eigenvalue weighted by atomic mass is 10.1. The number of aryl methyl sites for hydroxylation is 3. The van der Waals surface area contributed by atoms with Gasteiger partial charge in [-0.1, -0.05) is 6.92 Å². The third-order valence-electron chi connectivity index (χ3n) is 4.97. The van der Waals surface area contributed by atoms with Crippen molar-refractivity contribution >= 4 is 11.9 Å². The number of oxazole rings is 1. The van der Waals surface area contributed by atoms with E-state index in [0.717, 1.165) is 37.1 Å². The third-order valence-corrected chi connectivity index (χ3v) is 4.97.